The number of likely N-dealkylation sites (tertiary alicyclic amines) is 1. The van der Waals surface area contributed by atoms with Gasteiger partial charge in [-0.25, -0.2) is 0 Å². The predicted octanol–water partition coefficient (Wildman–Crippen LogP) is 0.419. The Bertz CT molecular complexity index is 217. The van der Waals surface area contributed by atoms with E-state index in [1.165, 1.54) is 0 Å². The second kappa shape index (κ2) is 4.37. The van der Waals surface area contributed by atoms with Gasteiger partial charge in [0.2, 0.25) is 0 Å². The third-order valence-electron chi connectivity index (χ3n) is 3.68. The molecule has 4 nitrogen and oxygen atoms in total. The Morgan fingerprint density at radius 3 is 2.60 bits per heavy atom. The Kier molecular flexibility index (Phi) is 3.30. The molecule has 2 aliphatic heterocycles. The van der Waals surface area contributed by atoms with Gasteiger partial charge in [-0.3, -0.25) is 0 Å². The third-order valence-corrected chi connectivity index (χ3v) is 3.68. The van der Waals surface area contributed by atoms with Gasteiger partial charge in [-0.1, -0.05) is 0 Å². The minimum absolute atomic E-state index is 0.0923. The quantitative estimate of drug-likeness (QED) is 0.723. The van der Waals surface area contributed by atoms with Crippen molar-refractivity contribution in [2.24, 2.45) is 11.7 Å². The topological polar surface area (TPSA) is 47.7 Å². The molecular formula is C11H22N2O2. The fourth-order valence-corrected chi connectivity index (χ4v) is 2.52. The summed E-state index contributed by atoms with van der Waals surface area (Å²) in [6.45, 7) is 5.56. The molecule has 2 saturated heterocycles. The van der Waals surface area contributed by atoms with Crippen LogP contribution in [0.1, 0.15) is 19.8 Å². The van der Waals surface area contributed by atoms with E-state index < -0.39 is 0 Å². The normalized spacial score (nSPS) is 39.8. The lowest BCUT2D eigenvalue weighted by Crippen LogP contribution is -2.43. The summed E-state index contributed by atoms with van der Waals surface area (Å²) in [4.78, 5) is 2.36. The third kappa shape index (κ3) is 2.33. The van der Waals surface area contributed by atoms with Gasteiger partial charge in [0.1, 0.15) is 0 Å². The Hall–Kier alpha value is -0.160. The molecule has 2 heterocycles. The Morgan fingerprint density at radius 1 is 1.40 bits per heavy atom. The maximum atomic E-state index is 5.91. The number of ether oxygens (including phenoxy) is 2. The molecule has 0 radical (unpaired) electrons. The van der Waals surface area contributed by atoms with Crippen LogP contribution in [0.2, 0.25) is 0 Å². The average molecular weight is 214 g/mol. The van der Waals surface area contributed by atoms with Crippen LogP contribution in [0, 0.1) is 5.92 Å². The number of nitrogens with two attached hydrogens (primary N) is 1. The number of nitrogens with zero attached hydrogens (tertiary/aromatic N) is 1. The van der Waals surface area contributed by atoms with Crippen molar-refractivity contribution in [1.29, 1.82) is 0 Å². The van der Waals surface area contributed by atoms with Crippen LogP contribution in [-0.2, 0) is 9.47 Å². The van der Waals surface area contributed by atoms with Crippen LogP contribution in [0.4, 0.5) is 0 Å². The zero-order valence-electron chi connectivity index (χ0n) is 9.74. The Labute approximate surface area is 91.7 Å². The van der Waals surface area contributed by atoms with Crippen LogP contribution in [0.5, 0.6) is 0 Å². The second-order valence-corrected chi connectivity index (χ2v) is 4.88. The molecule has 0 aromatic rings. The zero-order chi connectivity index (χ0) is 10.9. The van der Waals surface area contributed by atoms with E-state index in [1.807, 2.05) is 0 Å². The minimum atomic E-state index is -0.384. The van der Waals surface area contributed by atoms with Crippen LogP contribution in [0.25, 0.3) is 0 Å². The molecule has 2 atom stereocenters. The molecule has 0 saturated carbocycles. The summed E-state index contributed by atoms with van der Waals surface area (Å²) in [6.07, 6.45) is 2.41. The van der Waals surface area contributed by atoms with Gasteiger partial charge in [-0.15, -0.1) is 0 Å². The average Bonchev–Trinajstić information content (AvgIpc) is 2.62. The van der Waals surface area contributed by atoms with Gasteiger partial charge in [0, 0.05) is 12.5 Å². The van der Waals surface area contributed by atoms with E-state index in [9.17, 15) is 0 Å². The standard InChI is InChI=1S/C11H22N2O2/c1-11(14-8-10(7-12)15-11)9-3-5-13(2)6-4-9/h9-10H,3-8,12H2,1-2H3. The van der Waals surface area contributed by atoms with E-state index in [4.69, 9.17) is 15.2 Å². The highest BCUT2D eigenvalue weighted by Gasteiger charge is 2.44. The molecule has 0 aromatic carbocycles. The Morgan fingerprint density at radius 2 is 2.07 bits per heavy atom. The predicted molar refractivity (Wildman–Crippen MR) is 58.5 cm³/mol. The maximum Gasteiger partial charge on any atom is 0.169 e. The number of hydrogen-bond acceptors (Lipinski definition) is 4. The highest BCUT2D eigenvalue weighted by atomic mass is 16.7. The van der Waals surface area contributed by atoms with Crippen LogP contribution in [0.15, 0.2) is 0 Å². The first-order valence-corrected chi connectivity index (χ1v) is 5.84. The van der Waals surface area contributed by atoms with Crippen molar-refractivity contribution < 1.29 is 9.47 Å². The van der Waals surface area contributed by atoms with E-state index in [0.29, 0.717) is 19.1 Å². The molecule has 2 fully saturated rings. The van der Waals surface area contributed by atoms with Crippen LogP contribution < -0.4 is 5.73 Å². The summed E-state index contributed by atoms with van der Waals surface area (Å²) in [6, 6.07) is 0. The van der Waals surface area contributed by atoms with E-state index in [2.05, 4.69) is 18.9 Å². The van der Waals surface area contributed by atoms with Crippen molar-refractivity contribution in [1.82, 2.24) is 4.90 Å². The molecule has 0 bridgehead atoms. The first-order chi connectivity index (χ1) is 7.14. The second-order valence-electron chi connectivity index (χ2n) is 4.88. The smallest absolute Gasteiger partial charge is 0.169 e. The maximum absolute atomic E-state index is 5.91. The molecule has 0 aromatic heterocycles. The van der Waals surface area contributed by atoms with E-state index in [0.717, 1.165) is 25.9 Å². The van der Waals surface area contributed by atoms with Gasteiger partial charge in [-0.05, 0) is 39.9 Å². The molecule has 2 unspecified atom stereocenters. The molecular weight excluding hydrogens is 192 g/mol. The SMILES string of the molecule is CN1CCC(C2(C)OCC(CN)O2)CC1. The van der Waals surface area contributed by atoms with Crippen LogP contribution in [0.3, 0.4) is 0 Å². The fraction of sp³-hybridized carbons (Fsp3) is 1.00. The zero-order valence-corrected chi connectivity index (χ0v) is 9.74. The summed E-state index contributed by atoms with van der Waals surface area (Å²) in [5.74, 6) is 0.135. The van der Waals surface area contributed by atoms with Gasteiger partial charge in [0.05, 0.1) is 12.7 Å². The van der Waals surface area contributed by atoms with Crippen molar-refractivity contribution in [2.75, 3.05) is 33.3 Å². The lowest BCUT2D eigenvalue weighted by atomic mass is 9.89. The number of rotatable bonds is 2. The number of hydrogen-bond donors (Lipinski definition) is 1. The minimum Gasteiger partial charge on any atom is -0.347 e. The van der Waals surface area contributed by atoms with Gasteiger partial charge in [-0.2, -0.15) is 0 Å². The lowest BCUT2D eigenvalue weighted by Gasteiger charge is -2.38. The molecule has 0 aliphatic carbocycles. The van der Waals surface area contributed by atoms with Gasteiger partial charge in [0.15, 0.2) is 5.79 Å². The monoisotopic (exact) mass is 214 g/mol. The van der Waals surface area contributed by atoms with Crippen molar-refractivity contribution in [3.63, 3.8) is 0 Å². The molecule has 15 heavy (non-hydrogen) atoms. The summed E-state index contributed by atoms with van der Waals surface area (Å²) in [7, 11) is 2.16. The van der Waals surface area contributed by atoms with Gasteiger partial charge < -0.3 is 20.1 Å². The molecule has 0 amide bonds. The first kappa shape index (κ1) is 11.3. The summed E-state index contributed by atoms with van der Waals surface area (Å²) in [5, 5.41) is 0. The Balaban J connectivity index is 1.92. The first-order valence-electron chi connectivity index (χ1n) is 5.84. The van der Waals surface area contributed by atoms with Crippen molar-refractivity contribution >= 4 is 0 Å². The molecule has 2 N–H and O–H groups in total. The fourth-order valence-electron chi connectivity index (χ4n) is 2.52. The van der Waals surface area contributed by atoms with E-state index in [1.54, 1.807) is 0 Å². The van der Waals surface area contributed by atoms with E-state index in [-0.39, 0.29) is 11.9 Å². The molecule has 4 heteroatoms. The van der Waals surface area contributed by atoms with E-state index >= 15 is 0 Å². The van der Waals surface area contributed by atoms with Gasteiger partial charge in [0.25, 0.3) is 0 Å². The summed E-state index contributed by atoms with van der Waals surface area (Å²) < 4.78 is 11.7. The largest absolute Gasteiger partial charge is 0.347 e. The highest BCUT2D eigenvalue weighted by molar-refractivity contribution is 4.85. The van der Waals surface area contributed by atoms with Crippen LogP contribution in [-0.4, -0.2) is 50.1 Å². The van der Waals surface area contributed by atoms with Crippen molar-refractivity contribution in [2.45, 2.75) is 31.7 Å². The number of piperidine rings is 1. The van der Waals surface area contributed by atoms with Crippen molar-refractivity contribution in [3.8, 4) is 0 Å². The van der Waals surface area contributed by atoms with Gasteiger partial charge >= 0.3 is 0 Å². The highest BCUT2D eigenvalue weighted by Crippen LogP contribution is 2.36. The van der Waals surface area contributed by atoms with Crippen LogP contribution >= 0.6 is 0 Å². The molecule has 0 spiro atoms. The molecule has 2 aliphatic rings. The summed E-state index contributed by atoms with van der Waals surface area (Å²) >= 11 is 0. The molecule has 88 valence electrons. The summed E-state index contributed by atoms with van der Waals surface area (Å²) in [5.41, 5.74) is 5.59. The molecule has 2 rings (SSSR count). The lowest BCUT2D eigenvalue weighted by molar-refractivity contribution is -0.198. The van der Waals surface area contributed by atoms with Crippen molar-refractivity contribution in [3.05, 3.63) is 0 Å².